The molecular formula is C11H15N3O2. The van der Waals surface area contributed by atoms with Crippen molar-refractivity contribution in [3.63, 3.8) is 0 Å². The molecule has 1 aromatic rings. The minimum Gasteiger partial charge on any atom is -0.469 e. The van der Waals surface area contributed by atoms with Gasteiger partial charge in [0.2, 0.25) is 0 Å². The van der Waals surface area contributed by atoms with Gasteiger partial charge in [-0.2, -0.15) is 0 Å². The van der Waals surface area contributed by atoms with E-state index < -0.39 is 0 Å². The molecule has 1 aromatic heterocycles. The Bertz CT molecular complexity index is 382. The number of hydrogen-bond acceptors (Lipinski definition) is 5. The lowest BCUT2D eigenvalue weighted by Crippen LogP contribution is -2.37. The predicted octanol–water partition coefficient (Wildman–Crippen LogP) is 0.127. The Balaban J connectivity index is 2.33. The summed E-state index contributed by atoms with van der Waals surface area (Å²) in [6.07, 6.45) is 4.98. The molecule has 0 aliphatic carbocycles. The zero-order valence-electron chi connectivity index (χ0n) is 9.43. The van der Waals surface area contributed by atoms with Gasteiger partial charge >= 0.3 is 5.97 Å². The zero-order chi connectivity index (χ0) is 11.6. The minimum absolute atomic E-state index is 0.196. The summed E-state index contributed by atoms with van der Waals surface area (Å²) in [5.41, 5.74) is 0.497. The van der Waals surface area contributed by atoms with Crippen molar-refractivity contribution in [3.8, 4) is 0 Å². The molecule has 2 rings (SSSR count). The quantitative estimate of drug-likeness (QED) is 0.719. The summed E-state index contributed by atoms with van der Waals surface area (Å²) in [6, 6.07) is 0. The average molecular weight is 221 g/mol. The molecule has 0 bridgehead atoms. The molecule has 1 saturated heterocycles. The van der Waals surface area contributed by atoms with Crippen LogP contribution in [0.3, 0.4) is 0 Å². The van der Waals surface area contributed by atoms with Crippen molar-refractivity contribution in [2.24, 2.45) is 5.92 Å². The van der Waals surface area contributed by atoms with Crippen molar-refractivity contribution in [2.75, 3.05) is 20.2 Å². The van der Waals surface area contributed by atoms with E-state index in [1.165, 1.54) is 7.11 Å². The maximum Gasteiger partial charge on any atom is 0.310 e. The van der Waals surface area contributed by atoms with Gasteiger partial charge in [-0.25, -0.2) is 0 Å². The Morgan fingerprint density at radius 1 is 1.62 bits per heavy atom. The van der Waals surface area contributed by atoms with E-state index in [9.17, 15) is 4.79 Å². The number of rotatable bonds is 2. The van der Waals surface area contributed by atoms with E-state index in [1.54, 1.807) is 18.6 Å². The molecule has 0 aromatic carbocycles. The lowest BCUT2D eigenvalue weighted by Gasteiger charge is -2.27. The molecule has 1 fully saturated rings. The van der Waals surface area contributed by atoms with Crippen molar-refractivity contribution in [1.82, 2.24) is 15.3 Å². The van der Waals surface area contributed by atoms with Crippen LogP contribution < -0.4 is 5.32 Å². The molecular weight excluding hydrogens is 206 g/mol. The third-order valence-electron chi connectivity index (χ3n) is 3.24. The fourth-order valence-electron chi connectivity index (χ4n) is 2.17. The summed E-state index contributed by atoms with van der Waals surface area (Å²) in [5, 5.41) is 3.21. The molecule has 0 amide bonds. The molecule has 1 aliphatic rings. The zero-order valence-corrected chi connectivity index (χ0v) is 9.43. The van der Waals surface area contributed by atoms with Gasteiger partial charge in [0.05, 0.1) is 18.7 Å². The third-order valence-corrected chi connectivity index (χ3v) is 3.24. The highest BCUT2D eigenvalue weighted by molar-refractivity contribution is 5.75. The standard InChI is InChI=1S/C11H15N3O2/c1-11(9-6-12-3-4-14-9)7-13-5-8(11)10(15)16-2/h3-4,6,8,13H,5,7H2,1-2H3. The number of aromatic nitrogens is 2. The molecule has 16 heavy (non-hydrogen) atoms. The van der Waals surface area contributed by atoms with Gasteiger partial charge in [0.25, 0.3) is 0 Å². The first kappa shape index (κ1) is 11.0. The van der Waals surface area contributed by atoms with Crippen molar-refractivity contribution < 1.29 is 9.53 Å². The van der Waals surface area contributed by atoms with Crippen LogP contribution in [-0.2, 0) is 14.9 Å². The van der Waals surface area contributed by atoms with Crippen LogP contribution in [0.1, 0.15) is 12.6 Å². The van der Waals surface area contributed by atoms with Crippen LogP contribution in [0.15, 0.2) is 18.6 Å². The molecule has 86 valence electrons. The van der Waals surface area contributed by atoms with E-state index in [-0.39, 0.29) is 17.3 Å². The van der Waals surface area contributed by atoms with E-state index in [0.717, 1.165) is 5.69 Å². The maximum atomic E-state index is 11.7. The first-order chi connectivity index (χ1) is 7.68. The molecule has 2 unspecified atom stereocenters. The summed E-state index contributed by atoms with van der Waals surface area (Å²) in [5.74, 6) is -0.396. The highest BCUT2D eigenvalue weighted by Crippen LogP contribution is 2.34. The Hall–Kier alpha value is -1.49. The van der Waals surface area contributed by atoms with E-state index in [2.05, 4.69) is 15.3 Å². The first-order valence-corrected chi connectivity index (χ1v) is 5.23. The molecule has 5 nitrogen and oxygen atoms in total. The Morgan fingerprint density at radius 3 is 3.06 bits per heavy atom. The topological polar surface area (TPSA) is 64.1 Å². The van der Waals surface area contributed by atoms with Gasteiger partial charge in [0.15, 0.2) is 0 Å². The Morgan fingerprint density at radius 2 is 2.44 bits per heavy atom. The molecule has 1 aliphatic heterocycles. The van der Waals surface area contributed by atoms with E-state index >= 15 is 0 Å². The number of ether oxygens (including phenoxy) is 1. The monoisotopic (exact) mass is 221 g/mol. The summed E-state index contributed by atoms with van der Waals surface area (Å²) in [4.78, 5) is 20.0. The van der Waals surface area contributed by atoms with Crippen LogP contribution in [-0.4, -0.2) is 36.1 Å². The normalized spacial score (nSPS) is 29.0. The lowest BCUT2D eigenvalue weighted by molar-refractivity contribution is -0.146. The number of carbonyl (C=O) groups is 1. The largest absolute Gasteiger partial charge is 0.469 e. The van der Waals surface area contributed by atoms with Gasteiger partial charge < -0.3 is 10.1 Å². The third kappa shape index (κ3) is 1.67. The van der Waals surface area contributed by atoms with Crippen LogP contribution in [0.25, 0.3) is 0 Å². The predicted molar refractivity (Wildman–Crippen MR) is 57.8 cm³/mol. The lowest BCUT2D eigenvalue weighted by atomic mass is 9.77. The van der Waals surface area contributed by atoms with E-state index in [4.69, 9.17) is 4.74 Å². The Labute approximate surface area is 94.2 Å². The second-order valence-electron chi connectivity index (χ2n) is 4.21. The van der Waals surface area contributed by atoms with Gasteiger partial charge in [-0.15, -0.1) is 0 Å². The van der Waals surface area contributed by atoms with Gasteiger partial charge in [-0.05, 0) is 0 Å². The van der Waals surface area contributed by atoms with Crippen molar-refractivity contribution in [1.29, 1.82) is 0 Å². The molecule has 2 heterocycles. The second kappa shape index (κ2) is 4.17. The average Bonchev–Trinajstić information content (AvgIpc) is 2.73. The van der Waals surface area contributed by atoms with Crippen molar-refractivity contribution >= 4 is 5.97 Å². The van der Waals surface area contributed by atoms with Crippen LogP contribution in [0, 0.1) is 5.92 Å². The Kier molecular flexibility index (Phi) is 2.87. The van der Waals surface area contributed by atoms with Gasteiger partial charge in [-0.3, -0.25) is 14.8 Å². The number of hydrogen-bond donors (Lipinski definition) is 1. The van der Waals surface area contributed by atoms with Crippen LogP contribution in [0.4, 0.5) is 0 Å². The first-order valence-electron chi connectivity index (χ1n) is 5.23. The van der Waals surface area contributed by atoms with Crippen LogP contribution >= 0.6 is 0 Å². The van der Waals surface area contributed by atoms with Gasteiger partial charge in [0.1, 0.15) is 0 Å². The van der Waals surface area contributed by atoms with Crippen molar-refractivity contribution in [3.05, 3.63) is 24.3 Å². The fourth-order valence-corrected chi connectivity index (χ4v) is 2.17. The maximum absolute atomic E-state index is 11.7. The number of esters is 1. The number of carbonyl (C=O) groups excluding carboxylic acids is 1. The highest BCUT2D eigenvalue weighted by Gasteiger charge is 2.46. The summed E-state index contributed by atoms with van der Waals surface area (Å²) in [7, 11) is 1.41. The molecule has 5 heteroatoms. The van der Waals surface area contributed by atoms with Gasteiger partial charge in [-0.1, -0.05) is 6.92 Å². The smallest absolute Gasteiger partial charge is 0.310 e. The summed E-state index contributed by atoms with van der Waals surface area (Å²) < 4.78 is 4.82. The number of methoxy groups -OCH3 is 1. The fraction of sp³-hybridized carbons (Fsp3) is 0.545. The van der Waals surface area contributed by atoms with Crippen LogP contribution in [0.5, 0.6) is 0 Å². The number of nitrogens with zero attached hydrogens (tertiary/aromatic N) is 2. The highest BCUT2D eigenvalue weighted by atomic mass is 16.5. The summed E-state index contributed by atoms with van der Waals surface area (Å²) in [6.45, 7) is 3.35. The molecule has 1 N–H and O–H groups in total. The minimum atomic E-state index is -0.332. The summed E-state index contributed by atoms with van der Waals surface area (Å²) >= 11 is 0. The molecule has 0 radical (unpaired) electrons. The SMILES string of the molecule is COC(=O)C1CNCC1(C)c1cnccn1. The molecule has 2 atom stereocenters. The molecule has 0 saturated carbocycles. The van der Waals surface area contributed by atoms with Crippen LogP contribution in [0.2, 0.25) is 0 Å². The van der Waals surface area contributed by atoms with E-state index in [1.807, 2.05) is 6.92 Å². The molecule has 0 spiro atoms. The van der Waals surface area contributed by atoms with Crippen molar-refractivity contribution in [2.45, 2.75) is 12.3 Å². The second-order valence-corrected chi connectivity index (χ2v) is 4.21. The number of nitrogens with one attached hydrogen (secondary N) is 1. The van der Waals surface area contributed by atoms with Gasteiger partial charge in [0, 0.05) is 37.1 Å². The van der Waals surface area contributed by atoms with E-state index in [0.29, 0.717) is 13.1 Å².